The Bertz CT molecular complexity index is 2040. The molecule has 16 heteroatoms. The summed E-state index contributed by atoms with van der Waals surface area (Å²) in [6, 6.07) is 3.76. The summed E-state index contributed by atoms with van der Waals surface area (Å²) in [6.07, 6.45) is -5.60. The van der Waals surface area contributed by atoms with E-state index >= 15 is 4.39 Å². The van der Waals surface area contributed by atoms with Crippen molar-refractivity contribution in [3.63, 3.8) is 0 Å². The molecule has 1 amide bonds. The van der Waals surface area contributed by atoms with Gasteiger partial charge in [-0.25, -0.2) is 31.7 Å². The van der Waals surface area contributed by atoms with Crippen LogP contribution in [0, 0.1) is 19.7 Å². The number of alkyl halides is 7. The summed E-state index contributed by atoms with van der Waals surface area (Å²) >= 11 is 0. The molecule has 2 aromatic heterocycles. The fourth-order valence-electron chi connectivity index (χ4n) is 5.80. The first kappa shape index (κ1) is 38.8. The zero-order valence-corrected chi connectivity index (χ0v) is 28.2. The third kappa shape index (κ3) is 8.15. The average Bonchev–Trinajstić information content (AvgIpc) is 3.00. The fraction of sp³-hybridized carbons (Fsp3) is 0.371. The normalized spacial score (nSPS) is 13.6. The van der Waals surface area contributed by atoms with Crippen molar-refractivity contribution in [3.05, 3.63) is 92.3 Å². The summed E-state index contributed by atoms with van der Waals surface area (Å²) in [5, 5.41) is 14.6. The van der Waals surface area contributed by atoms with E-state index in [1.54, 1.807) is 0 Å². The van der Waals surface area contributed by atoms with Gasteiger partial charge in [0.25, 0.3) is 23.3 Å². The Kier molecular flexibility index (Phi) is 10.6. The van der Waals surface area contributed by atoms with Gasteiger partial charge in [0.15, 0.2) is 0 Å². The molecule has 0 aliphatic rings. The third-order valence-corrected chi connectivity index (χ3v) is 8.55. The first-order valence-electron chi connectivity index (χ1n) is 15.5. The lowest BCUT2D eigenvalue weighted by Gasteiger charge is -2.25. The van der Waals surface area contributed by atoms with Crippen molar-refractivity contribution >= 4 is 28.5 Å². The van der Waals surface area contributed by atoms with Crippen LogP contribution < -0.4 is 16.2 Å². The first-order chi connectivity index (χ1) is 23.4. The Balaban J connectivity index is 1.80. The minimum Gasteiger partial charge on any atom is -0.480 e. The van der Waals surface area contributed by atoms with Crippen LogP contribution in [-0.4, -0.2) is 44.5 Å². The van der Waals surface area contributed by atoms with Crippen LogP contribution in [0.15, 0.2) is 47.3 Å². The van der Waals surface area contributed by atoms with E-state index in [9.17, 15) is 50.2 Å². The van der Waals surface area contributed by atoms with Crippen LogP contribution >= 0.6 is 0 Å². The number of hydrogen-bond donors (Lipinski definition) is 3. The molecule has 274 valence electrons. The molecule has 0 spiro atoms. The highest BCUT2D eigenvalue weighted by Gasteiger charge is 2.36. The van der Waals surface area contributed by atoms with Crippen LogP contribution in [0.2, 0.25) is 0 Å². The highest BCUT2D eigenvalue weighted by atomic mass is 19.4. The van der Waals surface area contributed by atoms with Gasteiger partial charge in [0, 0.05) is 55.2 Å². The zero-order chi connectivity index (χ0) is 38.4. The summed E-state index contributed by atoms with van der Waals surface area (Å²) in [5.41, 5.74) is -5.13. The number of carboxylic acids is 1. The van der Waals surface area contributed by atoms with E-state index in [-0.39, 0.29) is 39.9 Å². The van der Waals surface area contributed by atoms with Gasteiger partial charge in [-0.2, -0.15) is 13.2 Å². The molecule has 3 N–H and O–H groups in total. The van der Waals surface area contributed by atoms with Crippen molar-refractivity contribution in [2.24, 2.45) is 7.05 Å². The van der Waals surface area contributed by atoms with Crippen molar-refractivity contribution in [3.8, 4) is 11.1 Å². The van der Waals surface area contributed by atoms with E-state index in [1.165, 1.54) is 40.0 Å². The number of benzene rings is 2. The highest BCUT2D eigenvalue weighted by molar-refractivity contribution is 5.99. The quantitative estimate of drug-likeness (QED) is 0.136. The van der Waals surface area contributed by atoms with Gasteiger partial charge < -0.3 is 20.3 Å². The van der Waals surface area contributed by atoms with Crippen molar-refractivity contribution in [1.82, 2.24) is 14.9 Å². The second-order valence-corrected chi connectivity index (χ2v) is 12.5. The van der Waals surface area contributed by atoms with E-state index in [1.807, 2.05) is 0 Å². The molecule has 0 aliphatic carbocycles. The van der Waals surface area contributed by atoms with E-state index in [2.05, 4.69) is 15.6 Å². The van der Waals surface area contributed by atoms with Gasteiger partial charge in [-0.05, 0) is 55.7 Å². The predicted molar refractivity (Wildman–Crippen MR) is 174 cm³/mol. The Labute approximate surface area is 286 Å². The molecule has 0 bridgehead atoms. The number of anilines is 1. The van der Waals surface area contributed by atoms with Crippen molar-refractivity contribution in [2.75, 3.05) is 5.32 Å². The Morgan fingerprint density at radius 3 is 2.16 bits per heavy atom. The Morgan fingerprint density at radius 1 is 0.980 bits per heavy atom. The molecule has 0 saturated carbocycles. The molecule has 0 aliphatic heterocycles. The maximum Gasteiger partial charge on any atom is 0.433 e. The second kappa shape index (κ2) is 13.9. The summed E-state index contributed by atoms with van der Waals surface area (Å²) < 4.78 is 115. The van der Waals surface area contributed by atoms with Gasteiger partial charge in [0.1, 0.15) is 17.6 Å². The van der Waals surface area contributed by atoms with Gasteiger partial charge in [-0.1, -0.05) is 25.1 Å². The summed E-state index contributed by atoms with van der Waals surface area (Å²) in [4.78, 5) is 42.6. The van der Waals surface area contributed by atoms with Crippen molar-refractivity contribution < 1.29 is 49.8 Å². The van der Waals surface area contributed by atoms with E-state index < -0.39 is 87.7 Å². The topological polar surface area (TPSA) is 113 Å². The number of aliphatic carboxylic acids is 1. The largest absolute Gasteiger partial charge is 0.480 e. The second-order valence-electron chi connectivity index (χ2n) is 12.5. The van der Waals surface area contributed by atoms with Crippen molar-refractivity contribution in [1.29, 1.82) is 0 Å². The van der Waals surface area contributed by atoms with Gasteiger partial charge >= 0.3 is 12.1 Å². The van der Waals surface area contributed by atoms with Gasteiger partial charge in [0.05, 0.1) is 22.7 Å². The minimum absolute atomic E-state index is 0.000683. The molecule has 0 fully saturated rings. The number of amides is 1. The summed E-state index contributed by atoms with van der Waals surface area (Å²) in [7, 11) is 1.30. The number of carboxylic acid groups (broad SMARTS) is 1. The average molecular weight is 727 g/mol. The number of hydrogen-bond acceptors (Lipinski definition) is 5. The molecule has 2 heterocycles. The van der Waals surface area contributed by atoms with Crippen molar-refractivity contribution in [2.45, 2.75) is 77.6 Å². The lowest BCUT2D eigenvalue weighted by Crippen LogP contribution is -2.43. The standard InChI is InChI=1S/C35H34F8N4O4/c1-7-25(34(5,39)40)44-19-12-16(2)27(23(36)15-19)30(48)45-24(32(50)51)14-18-8-9-21(29-20(18)10-11-26(46-29)35(41,42)43)28-22(33(4,37)38)13-17(3)47(6)31(28)49/h8-13,15,24-25,44H,7,14H2,1-6H3,(H,45,48)(H,50,51)/t24-,25+/m0/s1. The molecule has 2 atom stereocenters. The molecule has 51 heavy (non-hydrogen) atoms. The van der Waals surface area contributed by atoms with E-state index in [4.69, 9.17) is 0 Å². The number of carbonyl (C=O) groups excluding carboxylic acids is 1. The van der Waals surface area contributed by atoms with Crippen LogP contribution in [0.1, 0.15) is 65.6 Å². The van der Waals surface area contributed by atoms with Crippen LogP contribution in [0.25, 0.3) is 22.0 Å². The van der Waals surface area contributed by atoms with E-state index in [0.717, 1.165) is 28.8 Å². The Hall–Kier alpha value is -5.02. The number of rotatable bonds is 11. The SMILES string of the molecule is CC[C@@H](Nc1cc(C)c(C(=O)N[C@@H](Cc2ccc(-c3c(C(C)(F)F)cc(C)n(C)c3=O)c3nc(C(F)(F)F)ccc23)C(=O)O)c(F)c1)C(C)(F)F. The lowest BCUT2D eigenvalue weighted by molar-refractivity contribution is -0.141. The molecule has 8 nitrogen and oxygen atoms in total. The Morgan fingerprint density at radius 2 is 1.63 bits per heavy atom. The number of aromatic nitrogens is 2. The number of fused-ring (bicyclic) bond motifs is 1. The molecule has 0 saturated heterocycles. The third-order valence-electron chi connectivity index (χ3n) is 8.55. The molecular formula is C35H34F8N4O4. The van der Waals surface area contributed by atoms with Crippen LogP contribution in [0.4, 0.5) is 40.8 Å². The molecule has 4 aromatic rings. The van der Waals surface area contributed by atoms with Gasteiger partial charge in [0.2, 0.25) is 0 Å². The lowest BCUT2D eigenvalue weighted by atomic mass is 9.91. The molecule has 4 rings (SSSR count). The molecular weight excluding hydrogens is 692 g/mol. The van der Waals surface area contributed by atoms with Gasteiger partial charge in [-0.15, -0.1) is 0 Å². The summed E-state index contributed by atoms with van der Waals surface area (Å²) in [6.45, 7) is 5.42. The van der Waals surface area contributed by atoms with Crippen LogP contribution in [0.5, 0.6) is 0 Å². The number of nitrogens with zero attached hydrogens (tertiary/aromatic N) is 2. The number of nitrogens with one attached hydrogen (secondary N) is 2. The van der Waals surface area contributed by atoms with Crippen LogP contribution in [0.3, 0.4) is 0 Å². The minimum atomic E-state index is -4.99. The maximum atomic E-state index is 15.2. The monoisotopic (exact) mass is 726 g/mol. The fourth-order valence-corrected chi connectivity index (χ4v) is 5.80. The van der Waals surface area contributed by atoms with E-state index in [0.29, 0.717) is 19.9 Å². The maximum absolute atomic E-state index is 15.2. The number of pyridine rings is 2. The molecule has 0 radical (unpaired) electrons. The van der Waals surface area contributed by atoms with Crippen LogP contribution in [-0.2, 0) is 30.4 Å². The first-order valence-corrected chi connectivity index (χ1v) is 15.5. The van der Waals surface area contributed by atoms with Gasteiger partial charge in [-0.3, -0.25) is 9.59 Å². The number of halogens is 8. The summed E-state index contributed by atoms with van der Waals surface area (Å²) in [5.74, 6) is -10.7. The molecule has 0 unspecified atom stereocenters. The highest BCUT2D eigenvalue weighted by Crippen LogP contribution is 2.39. The number of aryl methyl sites for hydroxylation is 2. The smallest absolute Gasteiger partial charge is 0.433 e. The molecule has 2 aromatic carbocycles. The zero-order valence-electron chi connectivity index (χ0n) is 28.2. The number of carbonyl (C=O) groups is 2. The predicted octanol–water partition coefficient (Wildman–Crippen LogP) is 7.76.